The van der Waals surface area contributed by atoms with Crippen LogP contribution in [0.25, 0.3) is 0 Å². The Balaban J connectivity index is 2.08. The topological polar surface area (TPSA) is 24.9 Å². The molecule has 1 aliphatic rings. The Bertz CT molecular complexity index is 568. The van der Waals surface area contributed by atoms with E-state index in [1.165, 1.54) is 5.56 Å². The summed E-state index contributed by atoms with van der Waals surface area (Å²) in [7, 11) is 4.38. The van der Waals surface area contributed by atoms with Gasteiger partial charge in [-0.15, -0.1) is 0 Å². The first-order valence-electron chi connectivity index (χ1n) is 10.4. The van der Waals surface area contributed by atoms with Crippen molar-refractivity contribution in [2.45, 2.75) is 65.7 Å². The van der Waals surface area contributed by atoms with Gasteiger partial charge >= 0.3 is 0 Å². The van der Waals surface area contributed by atoms with Gasteiger partial charge in [-0.05, 0) is 78.9 Å². The van der Waals surface area contributed by atoms with Crippen LogP contribution in [0.5, 0.6) is 5.75 Å². The molecule has 27 heavy (non-hydrogen) atoms. The number of hydrogen-bond acceptors (Lipinski definition) is 4. The van der Waals surface area contributed by atoms with Crippen molar-refractivity contribution in [2.24, 2.45) is 5.41 Å². The van der Waals surface area contributed by atoms with Crippen LogP contribution in [0.15, 0.2) is 24.3 Å². The van der Waals surface area contributed by atoms with Crippen LogP contribution in [0.1, 0.15) is 53.0 Å². The minimum absolute atomic E-state index is 0.0382. The largest absolute Gasteiger partial charge is 0.491 e. The van der Waals surface area contributed by atoms with Crippen LogP contribution in [0.2, 0.25) is 0 Å². The smallest absolute Gasteiger partial charge is 0.119 e. The summed E-state index contributed by atoms with van der Waals surface area (Å²) < 4.78 is 11.8. The normalized spacial score (nSPS) is 22.6. The molecule has 154 valence electrons. The molecule has 2 rings (SSSR count). The average molecular weight is 377 g/mol. The Morgan fingerprint density at radius 2 is 1.78 bits per heavy atom. The predicted molar refractivity (Wildman–Crippen MR) is 113 cm³/mol. The molecule has 1 aromatic carbocycles. The molecule has 4 heteroatoms. The van der Waals surface area contributed by atoms with Crippen molar-refractivity contribution in [3.05, 3.63) is 29.8 Å². The number of hydrogen-bond donors (Lipinski definition) is 0. The first-order valence-corrected chi connectivity index (χ1v) is 10.4. The molecular formula is C23H40N2O2. The lowest BCUT2D eigenvalue weighted by molar-refractivity contribution is -0.117. The Labute approximate surface area is 166 Å². The predicted octanol–water partition coefficient (Wildman–Crippen LogP) is 4.43. The van der Waals surface area contributed by atoms with Crippen LogP contribution in [-0.4, -0.2) is 61.8 Å². The Kier molecular flexibility index (Phi) is 7.73. The Morgan fingerprint density at radius 1 is 1.11 bits per heavy atom. The molecule has 0 amide bonds. The van der Waals surface area contributed by atoms with Crippen molar-refractivity contribution in [1.29, 1.82) is 0 Å². The van der Waals surface area contributed by atoms with Crippen molar-refractivity contribution in [2.75, 3.05) is 40.3 Å². The highest BCUT2D eigenvalue weighted by molar-refractivity contribution is 5.27. The summed E-state index contributed by atoms with van der Waals surface area (Å²) >= 11 is 0. The van der Waals surface area contributed by atoms with Crippen LogP contribution in [0, 0.1) is 5.41 Å². The van der Waals surface area contributed by atoms with E-state index >= 15 is 0 Å². The Hall–Kier alpha value is -1.10. The number of benzene rings is 1. The van der Waals surface area contributed by atoms with Gasteiger partial charge in [-0.1, -0.05) is 19.1 Å². The van der Waals surface area contributed by atoms with Crippen molar-refractivity contribution in [3.8, 4) is 5.75 Å². The fourth-order valence-corrected chi connectivity index (χ4v) is 4.53. The van der Waals surface area contributed by atoms with E-state index in [2.05, 4.69) is 82.8 Å². The molecule has 1 saturated heterocycles. The van der Waals surface area contributed by atoms with E-state index in [4.69, 9.17) is 9.47 Å². The minimum atomic E-state index is -0.0382. The second-order valence-corrected chi connectivity index (χ2v) is 9.39. The summed E-state index contributed by atoms with van der Waals surface area (Å²) in [5.74, 6) is 0.951. The summed E-state index contributed by atoms with van der Waals surface area (Å²) in [5.41, 5.74) is 1.59. The molecule has 1 unspecified atom stereocenters. The first kappa shape index (κ1) is 22.2. The maximum Gasteiger partial charge on any atom is 0.119 e. The third-order valence-corrected chi connectivity index (χ3v) is 5.29. The van der Waals surface area contributed by atoms with Gasteiger partial charge in [0, 0.05) is 31.7 Å². The molecule has 1 aliphatic heterocycles. The van der Waals surface area contributed by atoms with E-state index in [9.17, 15) is 0 Å². The van der Waals surface area contributed by atoms with E-state index in [-0.39, 0.29) is 17.1 Å². The van der Waals surface area contributed by atoms with E-state index in [0.717, 1.165) is 51.4 Å². The van der Waals surface area contributed by atoms with Crippen LogP contribution >= 0.6 is 0 Å². The molecule has 1 fully saturated rings. The van der Waals surface area contributed by atoms with Crippen LogP contribution < -0.4 is 4.74 Å². The molecule has 4 nitrogen and oxygen atoms in total. The van der Waals surface area contributed by atoms with Crippen LogP contribution in [0.3, 0.4) is 0 Å². The molecule has 1 aromatic rings. The van der Waals surface area contributed by atoms with Crippen LogP contribution in [-0.2, 0) is 11.3 Å². The van der Waals surface area contributed by atoms with E-state index in [1.54, 1.807) is 0 Å². The monoisotopic (exact) mass is 376 g/mol. The maximum atomic E-state index is 6.03. The molecule has 0 aliphatic carbocycles. The van der Waals surface area contributed by atoms with E-state index in [0.29, 0.717) is 0 Å². The number of ether oxygens (including phenoxy) is 2. The summed E-state index contributed by atoms with van der Waals surface area (Å²) in [5, 5.41) is 0. The fraction of sp³-hybridized carbons (Fsp3) is 0.739. The molecule has 0 bridgehead atoms. The highest BCUT2D eigenvalue weighted by Gasteiger charge is 2.42. The van der Waals surface area contributed by atoms with Gasteiger partial charge in [-0.2, -0.15) is 0 Å². The molecule has 0 saturated carbocycles. The average Bonchev–Trinajstić information content (AvgIpc) is 2.53. The van der Waals surface area contributed by atoms with Gasteiger partial charge in [0.1, 0.15) is 5.75 Å². The number of rotatable bonds is 9. The van der Waals surface area contributed by atoms with Crippen LogP contribution in [0.4, 0.5) is 0 Å². The summed E-state index contributed by atoms with van der Waals surface area (Å²) in [6.45, 7) is 16.0. The SMILES string of the molecule is CCN(Cc1ccc(OC(C)C)cc1)CC1(CN(C)C)CCOC(C)(C)C1. The van der Waals surface area contributed by atoms with Gasteiger partial charge in [0.2, 0.25) is 0 Å². The second-order valence-electron chi connectivity index (χ2n) is 9.39. The minimum Gasteiger partial charge on any atom is -0.491 e. The highest BCUT2D eigenvalue weighted by atomic mass is 16.5. The molecule has 1 atom stereocenters. The molecule has 1 heterocycles. The second kappa shape index (κ2) is 9.40. The van der Waals surface area contributed by atoms with Gasteiger partial charge in [-0.3, -0.25) is 4.90 Å². The highest BCUT2D eigenvalue weighted by Crippen LogP contribution is 2.40. The zero-order chi connectivity index (χ0) is 20.1. The molecular weight excluding hydrogens is 336 g/mol. The summed E-state index contributed by atoms with van der Waals surface area (Å²) in [4.78, 5) is 4.93. The quantitative estimate of drug-likeness (QED) is 0.636. The van der Waals surface area contributed by atoms with Crippen molar-refractivity contribution < 1.29 is 9.47 Å². The van der Waals surface area contributed by atoms with E-state index in [1.807, 2.05) is 0 Å². The van der Waals surface area contributed by atoms with Gasteiger partial charge in [0.05, 0.1) is 11.7 Å². The van der Waals surface area contributed by atoms with Crippen molar-refractivity contribution in [1.82, 2.24) is 9.80 Å². The van der Waals surface area contributed by atoms with Gasteiger partial charge in [0.15, 0.2) is 0 Å². The van der Waals surface area contributed by atoms with Crippen molar-refractivity contribution in [3.63, 3.8) is 0 Å². The molecule has 0 aromatic heterocycles. The lowest BCUT2D eigenvalue weighted by atomic mass is 9.73. The molecule has 0 N–H and O–H groups in total. The van der Waals surface area contributed by atoms with Gasteiger partial charge < -0.3 is 14.4 Å². The van der Waals surface area contributed by atoms with Gasteiger partial charge in [0.25, 0.3) is 0 Å². The lowest BCUT2D eigenvalue weighted by Gasteiger charge is -2.48. The third kappa shape index (κ3) is 7.10. The summed E-state index contributed by atoms with van der Waals surface area (Å²) in [6.07, 6.45) is 2.45. The first-order chi connectivity index (χ1) is 12.6. The zero-order valence-electron chi connectivity index (χ0n) is 18.5. The van der Waals surface area contributed by atoms with E-state index < -0.39 is 0 Å². The standard InChI is InChI=1S/C23H40N2O2/c1-8-25(15-20-9-11-21(12-10-20)27-19(2)3)18-23(17-24(6)7)13-14-26-22(4,5)16-23/h9-12,19H,8,13-18H2,1-7H3. The summed E-state index contributed by atoms with van der Waals surface area (Å²) in [6, 6.07) is 8.59. The fourth-order valence-electron chi connectivity index (χ4n) is 4.53. The number of nitrogens with zero attached hydrogens (tertiary/aromatic N) is 2. The Morgan fingerprint density at radius 3 is 2.30 bits per heavy atom. The maximum absolute atomic E-state index is 6.03. The lowest BCUT2D eigenvalue weighted by Crippen LogP contribution is -2.51. The van der Waals surface area contributed by atoms with Crippen molar-refractivity contribution >= 4 is 0 Å². The molecule has 0 spiro atoms. The van der Waals surface area contributed by atoms with Gasteiger partial charge in [-0.25, -0.2) is 0 Å². The third-order valence-electron chi connectivity index (χ3n) is 5.29. The molecule has 0 radical (unpaired) electrons. The zero-order valence-corrected chi connectivity index (χ0v) is 18.5.